The van der Waals surface area contributed by atoms with Gasteiger partial charge in [0.1, 0.15) is 17.2 Å². The van der Waals surface area contributed by atoms with Crippen LogP contribution in [0.5, 0.6) is 0 Å². The third-order valence-corrected chi connectivity index (χ3v) is 5.36. The van der Waals surface area contributed by atoms with E-state index in [1.807, 2.05) is 66.9 Å². The van der Waals surface area contributed by atoms with Crippen molar-refractivity contribution in [2.24, 2.45) is 0 Å². The molecule has 1 amide bonds. The molecule has 0 unspecified atom stereocenters. The average molecular weight is 441 g/mol. The lowest BCUT2D eigenvalue weighted by Gasteiger charge is -2.13. The first-order valence-corrected chi connectivity index (χ1v) is 10.3. The Hall–Kier alpha value is -4.10. The number of carbonyl (C=O) groups excluding carboxylic acids is 1. The number of amides is 1. The minimum absolute atomic E-state index is 0.251. The Morgan fingerprint density at radius 1 is 0.875 bits per heavy atom. The molecule has 0 spiro atoms. The second-order valence-corrected chi connectivity index (χ2v) is 7.57. The molecule has 0 saturated carbocycles. The van der Waals surface area contributed by atoms with Crippen LogP contribution in [0.3, 0.4) is 0 Å². The molecule has 32 heavy (non-hydrogen) atoms. The van der Waals surface area contributed by atoms with E-state index in [-0.39, 0.29) is 11.7 Å². The third kappa shape index (κ3) is 3.70. The minimum atomic E-state index is -0.326. The van der Waals surface area contributed by atoms with E-state index < -0.39 is 0 Å². The summed E-state index contributed by atoms with van der Waals surface area (Å²) in [7, 11) is 0. The number of hydrogen-bond acceptors (Lipinski definition) is 3. The van der Waals surface area contributed by atoms with E-state index in [0.29, 0.717) is 27.8 Å². The van der Waals surface area contributed by atoms with Crippen LogP contribution in [0.4, 0.5) is 10.1 Å². The molecule has 1 saturated heterocycles. The number of para-hydroxylation sites is 2. The van der Waals surface area contributed by atoms with Crippen molar-refractivity contribution in [3.05, 3.63) is 108 Å². The molecule has 1 aromatic heterocycles. The molecular formula is C25H17FN4OS. The second-order valence-electron chi connectivity index (χ2n) is 7.18. The maximum Gasteiger partial charge on any atom is 0.281 e. The summed E-state index contributed by atoms with van der Waals surface area (Å²) in [5.41, 5.74) is 3.97. The highest BCUT2D eigenvalue weighted by molar-refractivity contribution is 7.80. The first-order valence-electron chi connectivity index (χ1n) is 9.93. The van der Waals surface area contributed by atoms with Gasteiger partial charge in [-0.3, -0.25) is 9.69 Å². The van der Waals surface area contributed by atoms with Crippen molar-refractivity contribution < 1.29 is 9.18 Å². The molecule has 0 atom stereocenters. The summed E-state index contributed by atoms with van der Waals surface area (Å²) in [6, 6.07) is 25.0. The molecule has 3 aromatic carbocycles. The Bertz CT molecular complexity index is 1330. The van der Waals surface area contributed by atoms with Crippen LogP contribution in [0.2, 0.25) is 0 Å². The van der Waals surface area contributed by atoms with Gasteiger partial charge in [-0.25, -0.2) is 9.07 Å². The number of rotatable bonds is 4. The number of anilines is 1. The van der Waals surface area contributed by atoms with Gasteiger partial charge in [0.25, 0.3) is 5.91 Å². The largest absolute Gasteiger partial charge is 0.327 e. The van der Waals surface area contributed by atoms with Crippen molar-refractivity contribution >= 4 is 35.0 Å². The van der Waals surface area contributed by atoms with Crippen molar-refractivity contribution in [1.82, 2.24) is 15.1 Å². The molecule has 1 fully saturated rings. The number of thiocarbonyl (C=S) groups is 1. The SMILES string of the molecule is O=C1C(=Cc2cn(-c3ccccc3)nc2-c2ccc(F)cc2)NC(=S)N1c1ccccc1. The molecule has 0 radical (unpaired) electrons. The quantitative estimate of drug-likeness (QED) is 0.361. The normalized spacial score (nSPS) is 14.8. The van der Waals surface area contributed by atoms with Gasteiger partial charge < -0.3 is 5.32 Å². The van der Waals surface area contributed by atoms with Gasteiger partial charge in [-0.05, 0) is 66.8 Å². The third-order valence-electron chi connectivity index (χ3n) is 5.07. The first kappa shape index (κ1) is 19.8. The maximum atomic E-state index is 13.5. The van der Waals surface area contributed by atoms with Crippen LogP contribution in [0, 0.1) is 5.82 Å². The fraction of sp³-hybridized carbons (Fsp3) is 0. The van der Waals surface area contributed by atoms with Crippen molar-refractivity contribution in [2.75, 3.05) is 4.90 Å². The lowest BCUT2D eigenvalue weighted by molar-refractivity contribution is -0.113. The van der Waals surface area contributed by atoms with Gasteiger partial charge in [0, 0.05) is 17.3 Å². The Kier molecular flexibility index (Phi) is 5.09. The van der Waals surface area contributed by atoms with Gasteiger partial charge in [0.15, 0.2) is 5.11 Å². The summed E-state index contributed by atoms with van der Waals surface area (Å²) in [6.07, 6.45) is 3.56. The molecule has 4 aromatic rings. The van der Waals surface area contributed by atoms with Crippen molar-refractivity contribution in [2.45, 2.75) is 0 Å². The fourth-order valence-corrected chi connectivity index (χ4v) is 3.84. The Labute approximate surface area is 189 Å². The van der Waals surface area contributed by atoms with E-state index in [0.717, 1.165) is 11.3 Å². The molecule has 5 nitrogen and oxygen atoms in total. The van der Waals surface area contributed by atoms with E-state index in [9.17, 15) is 9.18 Å². The minimum Gasteiger partial charge on any atom is -0.327 e. The molecular weight excluding hydrogens is 423 g/mol. The van der Waals surface area contributed by atoms with E-state index >= 15 is 0 Å². The highest BCUT2D eigenvalue weighted by Crippen LogP contribution is 2.28. The highest BCUT2D eigenvalue weighted by Gasteiger charge is 2.32. The van der Waals surface area contributed by atoms with E-state index in [1.165, 1.54) is 17.0 Å². The fourth-order valence-electron chi connectivity index (χ4n) is 3.54. The van der Waals surface area contributed by atoms with Gasteiger partial charge in [0.2, 0.25) is 0 Å². The summed E-state index contributed by atoms with van der Waals surface area (Å²) in [6.45, 7) is 0. The Balaban J connectivity index is 1.59. The Morgan fingerprint density at radius 3 is 2.16 bits per heavy atom. The van der Waals surface area contributed by atoms with E-state index in [4.69, 9.17) is 17.3 Å². The summed E-state index contributed by atoms with van der Waals surface area (Å²) in [5, 5.41) is 8.03. The predicted octanol–water partition coefficient (Wildman–Crippen LogP) is 4.94. The van der Waals surface area contributed by atoms with Crippen LogP contribution < -0.4 is 10.2 Å². The van der Waals surface area contributed by atoms with Crippen LogP contribution in [-0.2, 0) is 4.79 Å². The standard InChI is InChI=1S/C25H17FN4OS/c26-19-13-11-17(12-14-19)23-18(16-29(28-23)20-7-3-1-4-8-20)15-22-24(31)30(25(32)27-22)21-9-5-2-6-10-21/h1-16H,(H,27,32). The zero-order valence-electron chi connectivity index (χ0n) is 16.8. The van der Waals surface area contributed by atoms with Crippen LogP contribution in [0.25, 0.3) is 23.0 Å². The van der Waals surface area contributed by atoms with Gasteiger partial charge in [-0.15, -0.1) is 0 Å². The Morgan fingerprint density at radius 2 is 1.50 bits per heavy atom. The number of halogens is 1. The van der Waals surface area contributed by atoms with E-state index in [1.54, 1.807) is 22.9 Å². The van der Waals surface area contributed by atoms with Crippen LogP contribution in [-0.4, -0.2) is 20.8 Å². The predicted molar refractivity (Wildman–Crippen MR) is 127 cm³/mol. The molecule has 0 bridgehead atoms. The molecule has 1 aliphatic heterocycles. The molecule has 156 valence electrons. The summed E-state index contributed by atoms with van der Waals surface area (Å²) >= 11 is 5.41. The topological polar surface area (TPSA) is 50.2 Å². The van der Waals surface area contributed by atoms with Crippen LogP contribution in [0.1, 0.15) is 5.56 Å². The lowest BCUT2D eigenvalue weighted by Crippen LogP contribution is -2.30. The smallest absolute Gasteiger partial charge is 0.281 e. The van der Waals surface area contributed by atoms with Gasteiger partial charge in [0.05, 0.1) is 11.4 Å². The molecule has 1 aliphatic rings. The first-order chi connectivity index (χ1) is 15.6. The number of nitrogens with zero attached hydrogens (tertiary/aromatic N) is 3. The average Bonchev–Trinajstić information content (AvgIpc) is 3.36. The molecule has 2 heterocycles. The van der Waals surface area contributed by atoms with Gasteiger partial charge in [-0.2, -0.15) is 5.10 Å². The monoisotopic (exact) mass is 440 g/mol. The van der Waals surface area contributed by atoms with Gasteiger partial charge in [-0.1, -0.05) is 36.4 Å². The number of nitrogens with one attached hydrogen (secondary N) is 1. The molecule has 7 heteroatoms. The van der Waals surface area contributed by atoms with Crippen molar-refractivity contribution in [1.29, 1.82) is 0 Å². The zero-order valence-corrected chi connectivity index (χ0v) is 17.6. The van der Waals surface area contributed by atoms with Crippen molar-refractivity contribution in [3.8, 4) is 16.9 Å². The zero-order chi connectivity index (χ0) is 22.1. The summed E-state index contributed by atoms with van der Waals surface area (Å²) in [5.74, 6) is -0.577. The summed E-state index contributed by atoms with van der Waals surface area (Å²) in [4.78, 5) is 14.6. The highest BCUT2D eigenvalue weighted by atomic mass is 32.1. The number of carbonyl (C=O) groups is 1. The lowest BCUT2D eigenvalue weighted by atomic mass is 10.1. The second kappa shape index (κ2) is 8.20. The molecule has 1 N–H and O–H groups in total. The summed E-state index contributed by atoms with van der Waals surface area (Å²) < 4.78 is 15.2. The van der Waals surface area contributed by atoms with E-state index in [2.05, 4.69) is 5.32 Å². The molecule has 0 aliphatic carbocycles. The molecule has 5 rings (SSSR count). The maximum absolute atomic E-state index is 13.5. The van der Waals surface area contributed by atoms with Crippen LogP contribution >= 0.6 is 12.2 Å². The number of hydrogen-bond donors (Lipinski definition) is 1. The number of aromatic nitrogens is 2. The van der Waals surface area contributed by atoms with Crippen LogP contribution in [0.15, 0.2) is 96.8 Å². The van der Waals surface area contributed by atoms with Gasteiger partial charge >= 0.3 is 0 Å². The number of benzene rings is 3. The van der Waals surface area contributed by atoms with Crippen molar-refractivity contribution in [3.63, 3.8) is 0 Å².